The zero-order chi connectivity index (χ0) is 19.9. The first-order valence-corrected chi connectivity index (χ1v) is 10.9. The second-order valence-electron chi connectivity index (χ2n) is 8.09. The minimum Gasteiger partial charge on any atom is -0.376 e. The molecule has 4 heterocycles. The summed E-state index contributed by atoms with van der Waals surface area (Å²) in [6, 6.07) is 5.73. The number of aryl methyl sites for hydroxylation is 1. The lowest BCUT2D eigenvalue weighted by atomic mass is 9.93. The van der Waals surface area contributed by atoms with Crippen molar-refractivity contribution >= 4 is 11.7 Å². The van der Waals surface area contributed by atoms with Gasteiger partial charge in [0.1, 0.15) is 5.82 Å². The molecule has 2 aliphatic rings. The normalized spacial score (nSPS) is 20.6. The van der Waals surface area contributed by atoms with Gasteiger partial charge in [0.15, 0.2) is 0 Å². The molecule has 0 radical (unpaired) electrons. The van der Waals surface area contributed by atoms with Gasteiger partial charge in [-0.05, 0) is 62.6 Å². The van der Waals surface area contributed by atoms with E-state index in [0.29, 0.717) is 11.5 Å². The molecule has 0 aromatic carbocycles. The zero-order valence-corrected chi connectivity index (χ0v) is 17.0. The fourth-order valence-corrected chi connectivity index (χ4v) is 4.17. The molecule has 0 aliphatic carbocycles. The van der Waals surface area contributed by atoms with Crippen molar-refractivity contribution in [3.63, 3.8) is 0 Å². The van der Waals surface area contributed by atoms with Gasteiger partial charge in [0, 0.05) is 51.4 Å². The first-order valence-electron chi connectivity index (χ1n) is 10.9. The predicted octanol–water partition coefficient (Wildman–Crippen LogP) is 3.20. The Balaban J connectivity index is 1.21. The summed E-state index contributed by atoms with van der Waals surface area (Å²) in [5.74, 6) is 1.55. The topological polar surface area (TPSA) is 72.3 Å². The van der Waals surface area contributed by atoms with Gasteiger partial charge in [0.05, 0.1) is 11.7 Å². The third-order valence-electron chi connectivity index (χ3n) is 6.02. The van der Waals surface area contributed by atoms with Crippen molar-refractivity contribution in [2.45, 2.75) is 51.2 Å². The van der Waals surface area contributed by atoms with Crippen LogP contribution in [0.4, 0.5) is 5.82 Å². The second-order valence-corrected chi connectivity index (χ2v) is 8.09. The smallest absolute Gasteiger partial charge is 0.255 e. The number of aromatic nitrogens is 3. The molecule has 0 saturated carbocycles. The van der Waals surface area contributed by atoms with E-state index in [1.165, 1.54) is 6.42 Å². The minimum atomic E-state index is 0.0881. The first kappa shape index (κ1) is 19.9. The van der Waals surface area contributed by atoms with Crippen LogP contribution in [0.5, 0.6) is 0 Å². The lowest BCUT2D eigenvalue weighted by molar-refractivity contribution is 0.0247. The van der Waals surface area contributed by atoms with Gasteiger partial charge >= 0.3 is 0 Å². The lowest BCUT2D eigenvalue weighted by Gasteiger charge is -2.32. The van der Waals surface area contributed by atoms with Crippen molar-refractivity contribution < 1.29 is 9.53 Å². The molecular formula is C22H31N5O2. The predicted molar refractivity (Wildman–Crippen MR) is 112 cm³/mol. The number of carbonyl (C=O) groups excluding carboxylic acids is 1. The number of pyridine rings is 1. The fraction of sp³-hybridized carbons (Fsp3) is 0.591. The van der Waals surface area contributed by atoms with Gasteiger partial charge in [0.25, 0.3) is 5.91 Å². The zero-order valence-electron chi connectivity index (χ0n) is 17.0. The van der Waals surface area contributed by atoms with E-state index in [0.717, 1.165) is 70.7 Å². The summed E-state index contributed by atoms with van der Waals surface area (Å²) in [4.78, 5) is 19.2. The molecule has 0 unspecified atom stereocenters. The van der Waals surface area contributed by atoms with E-state index in [1.807, 2.05) is 40.2 Å². The van der Waals surface area contributed by atoms with Gasteiger partial charge < -0.3 is 15.0 Å². The largest absolute Gasteiger partial charge is 0.376 e. The molecule has 1 N–H and O–H groups in total. The van der Waals surface area contributed by atoms with Crippen molar-refractivity contribution in [1.82, 2.24) is 19.7 Å². The SMILES string of the molecule is O=C(c1ccc(NC[C@H]2CCCCO2)nc1)N1CCC(CCn2cccn2)CC1. The van der Waals surface area contributed by atoms with Crippen molar-refractivity contribution in [2.24, 2.45) is 5.92 Å². The van der Waals surface area contributed by atoms with Gasteiger partial charge in [-0.25, -0.2) is 4.98 Å². The summed E-state index contributed by atoms with van der Waals surface area (Å²) >= 11 is 0. The van der Waals surface area contributed by atoms with Crippen LogP contribution in [0.25, 0.3) is 0 Å². The summed E-state index contributed by atoms with van der Waals surface area (Å²) in [7, 11) is 0. The molecule has 0 bridgehead atoms. The van der Waals surface area contributed by atoms with Crippen LogP contribution in [-0.4, -0.2) is 57.9 Å². The highest BCUT2D eigenvalue weighted by molar-refractivity contribution is 5.94. The Labute approximate surface area is 172 Å². The number of carbonyl (C=O) groups is 1. The van der Waals surface area contributed by atoms with Crippen molar-refractivity contribution in [3.8, 4) is 0 Å². The molecular weight excluding hydrogens is 366 g/mol. The average Bonchev–Trinajstić information content (AvgIpc) is 3.31. The molecule has 1 amide bonds. The number of hydrogen-bond donors (Lipinski definition) is 1. The Morgan fingerprint density at radius 3 is 2.79 bits per heavy atom. The van der Waals surface area contributed by atoms with Gasteiger partial charge in [-0.1, -0.05) is 0 Å². The summed E-state index contributed by atoms with van der Waals surface area (Å²) in [6.07, 6.45) is 12.5. The number of nitrogens with one attached hydrogen (secondary N) is 1. The van der Waals surface area contributed by atoms with Crippen molar-refractivity contribution in [2.75, 3.05) is 31.6 Å². The van der Waals surface area contributed by atoms with Crippen LogP contribution in [0.1, 0.15) is 48.9 Å². The van der Waals surface area contributed by atoms with Gasteiger partial charge in [-0.2, -0.15) is 5.10 Å². The van der Waals surface area contributed by atoms with Crippen LogP contribution < -0.4 is 5.32 Å². The second kappa shape index (κ2) is 9.87. The molecule has 156 valence electrons. The first-order chi connectivity index (χ1) is 14.3. The monoisotopic (exact) mass is 397 g/mol. The minimum absolute atomic E-state index is 0.0881. The Hall–Kier alpha value is -2.41. The molecule has 7 heteroatoms. The molecule has 2 aromatic heterocycles. The molecule has 2 aliphatic heterocycles. The highest BCUT2D eigenvalue weighted by atomic mass is 16.5. The Bertz CT molecular complexity index is 748. The number of piperidine rings is 1. The third kappa shape index (κ3) is 5.56. The Morgan fingerprint density at radius 1 is 1.21 bits per heavy atom. The summed E-state index contributed by atoms with van der Waals surface area (Å²) in [5.41, 5.74) is 0.666. The lowest BCUT2D eigenvalue weighted by Crippen LogP contribution is -2.38. The number of ether oxygens (including phenoxy) is 1. The molecule has 7 nitrogen and oxygen atoms in total. The maximum absolute atomic E-state index is 12.8. The quantitative estimate of drug-likeness (QED) is 0.777. The molecule has 1 atom stereocenters. The maximum Gasteiger partial charge on any atom is 0.255 e. The molecule has 2 fully saturated rings. The van der Waals surface area contributed by atoms with E-state index in [2.05, 4.69) is 15.4 Å². The van der Waals surface area contributed by atoms with Crippen LogP contribution in [-0.2, 0) is 11.3 Å². The molecule has 0 spiro atoms. The Morgan fingerprint density at radius 2 is 2.10 bits per heavy atom. The number of nitrogens with zero attached hydrogens (tertiary/aromatic N) is 4. The summed E-state index contributed by atoms with van der Waals surface area (Å²) in [5, 5.41) is 7.59. The average molecular weight is 398 g/mol. The number of amides is 1. The van der Waals surface area contributed by atoms with Crippen molar-refractivity contribution in [1.29, 1.82) is 0 Å². The van der Waals surface area contributed by atoms with Crippen LogP contribution in [0.15, 0.2) is 36.8 Å². The van der Waals surface area contributed by atoms with Gasteiger partial charge in [0.2, 0.25) is 0 Å². The van der Waals surface area contributed by atoms with E-state index in [-0.39, 0.29) is 12.0 Å². The molecule has 2 aromatic rings. The summed E-state index contributed by atoms with van der Waals surface area (Å²) < 4.78 is 7.72. The van der Waals surface area contributed by atoms with Crippen molar-refractivity contribution in [3.05, 3.63) is 42.4 Å². The van der Waals surface area contributed by atoms with Crippen LogP contribution in [0.3, 0.4) is 0 Å². The Kier molecular flexibility index (Phi) is 6.77. The number of hydrogen-bond acceptors (Lipinski definition) is 5. The van der Waals surface area contributed by atoms with E-state index in [1.54, 1.807) is 6.20 Å². The van der Waals surface area contributed by atoms with Crippen LogP contribution in [0.2, 0.25) is 0 Å². The number of rotatable bonds is 7. The number of likely N-dealkylation sites (tertiary alicyclic amines) is 1. The van der Waals surface area contributed by atoms with E-state index in [4.69, 9.17) is 4.74 Å². The standard InChI is InChI=1S/C22H31N5O2/c28-22(26-12-7-18(8-13-26)9-14-27-11-3-10-25-27)19-5-6-21(23-16-19)24-17-20-4-1-2-15-29-20/h3,5-6,10-11,16,18,20H,1-2,4,7-9,12-15,17H2,(H,23,24)/t20-/m1/s1. The number of anilines is 1. The third-order valence-corrected chi connectivity index (χ3v) is 6.02. The van der Waals surface area contributed by atoms with Crippen LogP contribution >= 0.6 is 0 Å². The van der Waals surface area contributed by atoms with E-state index >= 15 is 0 Å². The highest BCUT2D eigenvalue weighted by Gasteiger charge is 2.24. The molecule has 2 saturated heterocycles. The summed E-state index contributed by atoms with van der Waals surface area (Å²) in [6.45, 7) is 4.22. The van der Waals surface area contributed by atoms with Gasteiger partial charge in [-0.3, -0.25) is 9.48 Å². The molecule has 29 heavy (non-hydrogen) atoms. The van der Waals surface area contributed by atoms with Crippen LogP contribution in [0, 0.1) is 5.92 Å². The van der Waals surface area contributed by atoms with E-state index < -0.39 is 0 Å². The fourth-order valence-electron chi connectivity index (χ4n) is 4.17. The highest BCUT2D eigenvalue weighted by Crippen LogP contribution is 2.22. The molecule has 4 rings (SSSR count). The van der Waals surface area contributed by atoms with E-state index in [9.17, 15) is 4.79 Å². The van der Waals surface area contributed by atoms with Gasteiger partial charge in [-0.15, -0.1) is 0 Å². The maximum atomic E-state index is 12.8.